The second-order valence-corrected chi connectivity index (χ2v) is 20.6. The van der Waals surface area contributed by atoms with Gasteiger partial charge in [-0.25, -0.2) is 0 Å². The minimum absolute atomic E-state index is 0.0608. The van der Waals surface area contributed by atoms with Gasteiger partial charge in [0.05, 0.1) is 0 Å². The molecule has 0 spiro atoms. The lowest BCUT2D eigenvalue weighted by atomic mass is 10.0. The van der Waals surface area contributed by atoms with Crippen LogP contribution >= 0.6 is 0 Å². The van der Waals surface area contributed by atoms with Crippen molar-refractivity contribution in [1.29, 1.82) is 0 Å². The van der Waals surface area contributed by atoms with E-state index >= 15 is 0 Å². The molecule has 0 aliphatic heterocycles. The van der Waals surface area contributed by atoms with Crippen molar-refractivity contribution in [3.05, 3.63) is 0 Å². The first-order chi connectivity index (χ1) is 32.5. The topological polar surface area (TPSA) is 78.9 Å². The molecule has 0 amide bonds. The summed E-state index contributed by atoms with van der Waals surface area (Å²) >= 11 is 0. The second-order valence-electron chi connectivity index (χ2n) is 20.6. The molecule has 0 fully saturated rings. The third-order valence-corrected chi connectivity index (χ3v) is 13.9. The van der Waals surface area contributed by atoms with E-state index < -0.39 is 6.10 Å². The van der Waals surface area contributed by atoms with Gasteiger partial charge in [0.25, 0.3) is 0 Å². The smallest absolute Gasteiger partial charge is 0.306 e. The van der Waals surface area contributed by atoms with Gasteiger partial charge in [-0.1, -0.05) is 310 Å². The highest BCUT2D eigenvalue weighted by Crippen LogP contribution is 2.18. The summed E-state index contributed by atoms with van der Waals surface area (Å²) in [6.45, 7) is 6.72. The maximum absolute atomic E-state index is 12.8. The van der Waals surface area contributed by atoms with Gasteiger partial charge in [-0.15, -0.1) is 0 Å². The van der Waals surface area contributed by atoms with E-state index in [2.05, 4.69) is 20.8 Å². The summed E-state index contributed by atoms with van der Waals surface area (Å²) in [5.74, 6) is -0.829. The van der Waals surface area contributed by atoms with Crippen LogP contribution in [0.3, 0.4) is 0 Å². The van der Waals surface area contributed by atoms with Crippen LogP contribution in [0.25, 0.3) is 0 Å². The van der Waals surface area contributed by atoms with Gasteiger partial charge in [0.1, 0.15) is 13.2 Å². The van der Waals surface area contributed by atoms with Crippen LogP contribution in [-0.2, 0) is 28.6 Å². The average Bonchev–Trinajstić information content (AvgIpc) is 3.31. The number of hydrogen-bond acceptors (Lipinski definition) is 6. The maximum atomic E-state index is 12.8. The average molecular weight is 934 g/mol. The van der Waals surface area contributed by atoms with E-state index in [0.717, 1.165) is 57.8 Å². The van der Waals surface area contributed by atoms with Gasteiger partial charge in [0.15, 0.2) is 6.10 Å². The number of rotatable bonds is 56. The van der Waals surface area contributed by atoms with Gasteiger partial charge >= 0.3 is 17.9 Å². The Hall–Kier alpha value is -1.59. The van der Waals surface area contributed by atoms with E-state index in [1.807, 2.05) is 0 Å². The van der Waals surface area contributed by atoms with Crippen molar-refractivity contribution in [1.82, 2.24) is 0 Å². The molecular weight excluding hydrogens is 817 g/mol. The Kier molecular flexibility index (Phi) is 54.7. The fourth-order valence-corrected chi connectivity index (χ4v) is 9.33. The van der Waals surface area contributed by atoms with E-state index in [9.17, 15) is 14.4 Å². The summed E-state index contributed by atoms with van der Waals surface area (Å²) in [5.41, 5.74) is 0. The molecule has 0 rings (SSSR count). The lowest BCUT2D eigenvalue weighted by Crippen LogP contribution is -2.30. The Balaban J connectivity index is 4.26. The van der Waals surface area contributed by atoms with Crippen LogP contribution in [0.15, 0.2) is 0 Å². The number of hydrogen-bond donors (Lipinski definition) is 0. The Labute approximate surface area is 412 Å². The van der Waals surface area contributed by atoms with Crippen molar-refractivity contribution < 1.29 is 28.6 Å². The zero-order valence-electron chi connectivity index (χ0n) is 45.0. The highest BCUT2D eigenvalue weighted by Gasteiger charge is 2.19. The van der Waals surface area contributed by atoms with E-state index in [1.54, 1.807) is 0 Å². The van der Waals surface area contributed by atoms with E-state index in [-0.39, 0.29) is 31.1 Å². The summed E-state index contributed by atoms with van der Waals surface area (Å²) in [6, 6.07) is 0. The van der Waals surface area contributed by atoms with Gasteiger partial charge in [0, 0.05) is 19.3 Å². The van der Waals surface area contributed by atoms with Crippen LogP contribution in [0.2, 0.25) is 0 Å². The minimum Gasteiger partial charge on any atom is -0.462 e. The van der Waals surface area contributed by atoms with Crippen molar-refractivity contribution in [2.24, 2.45) is 0 Å². The van der Waals surface area contributed by atoms with Crippen LogP contribution in [0.4, 0.5) is 0 Å². The van der Waals surface area contributed by atoms with Crippen LogP contribution in [0.1, 0.15) is 348 Å². The SMILES string of the molecule is CCCCCCCCCCCCCCCCCCCCCC(=O)OC[C@H](COC(=O)CCCCCCCCCCCCCCCCC)OC(=O)CCCCCCCCCCCCCCCC. The third kappa shape index (κ3) is 53.4. The fourth-order valence-electron chi connectivity index (χ4n) is 9.33. The Morgan fingerprint density at radius 3 is 0.606 bits per heavy atom. The first-order valence-corrected chi connectivity index (χ1v) is 30.0. The predicted molar refractivity (Wildman–Crippen MR) is 284 cm³/mol. The summed E-state index contributed by atoms with van der Waals surface area (Å²) in [4.78, 5) is 38.2. The molecule has 0 N–H and O–H groups in total. The molecule has 0 aliphatic carbocycles. The fraction of sp³-hybridized carbons (Fsp3) is 0.950. The Bertz CT molecular complexity index is 982. The van der Waals surface area contributed by atoms with E-state index in [1.165, 1.54) is 250 Å². The molecule has 392 valence electrons. The summed E-state index contributed by atoms with van der Waals surface area (Å²) < 4.78 is 16.9. The van der Waals surface area contributed by atoms with Crippen molar-refractivity contribution in [3.8, 4) is 0 Å². The molecule has 0 heterocycles. The number of ether oxygens (including phenoxy) is 3. The lowest BCUT2D eigenvalue weighted by Gasteiger charge is -2.18. The van der Waals surface area contributed by atoms with Crippen LogP contribution in [0, 0.1) is 0 Å². The first kappa shape index (κ1) is 64.4. The number of unbranched alkanes of at least 4 members (excludes halogenated alkanes) is 45. The zero-order valence-corrected chi connectivity index (χ0v) is 45.0. The molecule has 0 saturated heterocycles. The molecule has 66 heavy (non-hydrogen) atoms. The summed E-state index contributed by atoms with van der Waals surface area (Å²) in [5, 5.41) is 0. The molecule has 0 aliphatic rings. The molecule has 0 aromatic carbocycles. The standard InChI is InChI=1S/C60H116O6/c1-4-7-10-13-16-19-22-25-28-29-30-31-33-36-38-41-44-47-50-53-59(62)65-56-57(66-60(63)54-51-48-45-42-39-34-27-24-21-18-15-12-9-6-3)55-64-58(61)52-49-46-43-40-37-35-32-26-23-20-17-14-11-8-5-2/h57H,4-56H2,1-3H3/t57-/m0/s1. The van der Waals surface area contributed by atoms with E-state index in [4.69, 9.17) is 14.2 Å². The number of esters is 3. The van der Waals surface area contributed by atoms with Crippen molar-refractivity contribution in [2.75, 3.05) is 13.2 Å². The summed E-state index contributed by atoms with van der Waals surface area (Å²) in [6.07, 6.45) is 62.4. The van der Waals surface area contributed by atoms with Crippen LogP contribution < -0.4 is 0 Å². The van der Waals surface area contributed by atoms with Crippen LogP contribution in [0.5, 0.6) is 0 Å². The Morgan fingerprint density at radius 2 is 0.409 bits per heavy atom. The molecule has 0 aromatic heterocycles. The second kappa shape index (κ2) is 56.0. The Morgan fingerprint density at radius 1 is 0.242 bits per heavy atom. The van der Waals surface area contributed by atoms with Gasteiger partial charge in [-0.2, -0.15) is 0 Å². The molecule has 0 radical (unpaired) electrons. The molecule has 6 heteroatoms. The lowest BCUT2D eigenvalue weighted by molar-refractivity contribution is -0.167. The zero-order chi connectivity index (χ0) is 47.9. The maximum Gasteiger partial charge on any atom is 0.306 e. The summed E-state index contributed by atoms with van der Waals surface area (Å²) in [7, 11) is 0. The molecule has 1 atom stereocenters. The molecule has 6 nitrogen and oxygen atoms in total. The molecule has 0 saturated carbocycles. The normalized spacial score (nSPS) is 11.9. The highest BCUT2D eigenvalue weighted by molar-refractivity contribution is 5.71. The number of carbonyl (C=O) groups is 3. The highest BCUT2D eigenvalue weighted by atomic mass is 16.6. The van der Waals surface area contributed by atoms with Crippen molar-refractivity contribution in [2.45, 2.75) is 354 Å². The number of carbonyl (C=O) groups excluding carboxylic acids is 3. The minimum atomic E-state index is -0.761. The largest absolute Gasteiger partial charge is 0.462 e. The molecular formula is C60H116O6. The molecule has 0 aromatic rings. The van der Waals surface area contributed by atoms with E-state index in [0.29, 0.717) is 19.3 Å². The van der Waals surface area contributed by atoms with Crippen molar-refractivity contribution >= 4 is 17.9 Å². The molecule has 0 unspecified atom stereocenters. The third-order valence-electron chi connectivity index (χ3n) is 13.9. The predicted octanol–water partition coefficient (Wildman–Crippen LogP) is 19.9. The quantitative estimate of drug-likeness (QED) is 0.0343. The van der Waals surface area contributed by atoms with Gasteiger partial charge in [-0.05, 0) is 19.3 Å². The van der Waals surface area contributed by atoms with Crippen LogP contribution in [-0.4, -0.2) is 37.2 Å². The van der Waals surface area contributed by atoms with Gasteiger partial charge in [0.2, 0.25) is 0 Å². The van der Waals surface area contributed by atoms with Gasteiger partial charge < -0.3 is 14.2 Å². The molecule has 0 bridgehead atoms. The monoisotopic (exact) mass is 933 g/mol. The first-order valence-electron chi connectivity index (χ1n) is 30.0. The van der Waals surface area contributed by atoms with Crippen molar-refractivity contribution in [3.63, 3.8) is 0 Å². The van der Waals surface area contributed by atoms with Gasteiger partial charge in [-0.3, -0.25) is 14.4 Å².